The van der Waals surface area contributed by atoms with Crippen LogP contribution < -0.4 is 5.32 Å². The third kappa shape index (κ3) is 3.91. The van der Waals surface area contributed by atoms with Gasteiger partial charge in [-0.1, -0.05) is 0 Å². The highest BCUT2D eigenvalue weighted by atomic mass is 19.4. The smallest absolute Gasteiger partial charge is 0.369 e. The maximum absolute atomic E-state index is 12.5. The Morgan fingerprint density at radius 3 is 2.33 bits per heavy atom. The topological polar surface area (TPSA) is 81.5 Å². The van der Waals surface area contributed by atoms with E-state index in [9.17, 15) is 28.1 Å². The van der Waals surface area contributed by atoms with E-state index in [0.29, 0.717) is 12.1 Å². The van der Waals surface area contributed by atoms with Crippen LogP contribution in [-0.4, -0.2) is 23.5 Å². The molecule has 0 aromatic heterocycles. The van der Waals surface area contributed by atoms with Crippen molar-refractivity contribution in [3.63, 3.8) is 0 Å². The first-order valence-electron chi connectivity index (χ1n) is 5.71. The Balaban J connectivity index is 3.20. The van der Waals surface area contributed by atoms with E-state index in [1.54, 1.807) is 0 Å². The number of nitro groups is 1. The van der Waals surface area contributed by atoms with Gasteiger partial charge in [0.15, 0.2) is 0 Å². The molecule has 1 aromatic carbocycles. The van der Waals surface area contributed by atoms with Crippen molar-refractivity contribution in [2.45, 2.75) is 25.6 Å². The van der Waals surface area contributed by atoms with Gasteiger partial charge >= 0.3 is 6.18 Å². The van der Waals surface area contributed by atoms with E-state index in [1.165, 1.54) is 21.0 Å². The number of benzene rings is 1. The van der Waals surface area contributed by atoms with Crippen LogP contribution in [0.15, 0.2) is 18.2 Å². The van der Waals surface area contributed by atoms with E-state index >= 15 is 0 Å². The standard InChI is InChI=1S/C12H13F3N2O4/c1-11(2,21-3)10(18)16-8-5-4-7(12(13,14)15)6-9(8)17(19)20/h4-6H,1-3H3,(H,16,18). The van der Waals surface area contributed by atoms with Crippen LogP contribution in [0.2, 0.25) is 0 Å². The monoisotopic (exact) mass is 306 g/mol. The van der Waals surface area contributed by atoms with Gasteiger partial charge < -0.3 is 10.1 Å². The molecule has 0 aliphatic heterocycles. The average molecular weight is 306 g/mol. The molecule has 0 saturated heterocycles. The number of hydrogen-bond donors (Lipinski definition) is 1. The Morgan fingerprint density at radius 2 is 1.90 bits per heavy atom. The number of nitro benzene ring substituents is 1. The van der Waals surface area contributed by atoms with Crippen LogP contribution in [0.25, 0.3) is 0 Å². The molecule has 1 aromatic rings. The molecular formula is C12H13F3N2O4. The minimum absolute atomic E-state index is 0.330. The minimum Gasteiger partial charge on any atom is -0.369 e. The molecular weight excluding hydrogens is 293 g/mol. The molecule has 9 heteroatoms. The lowest BCUT2D eigenvalue weighted by Gasteiger charge is -2.21. The van der Waals surface area contributed by atoms with Gasteiger partial charge in [-0.05, 0) is 26.0 Å². The summed E-state index contributed by atoms with van der Waals surface area (Å²) in [6, 6.07) is 1.86. The second-order valence-electron chi connectivity index (χ2n) is 4.66. The second kappa shape index (κ2) is 5.68. The van der Waals surface area contributed by atoms with Crippen LogP contribution in [0.3, 0.4) is 0 Å². The third-order valence-corrected chi connectivity index (χ3v) is 2.83. The highest BCUT2D eigenvalue weighted by Gasteiger charge is 2.34. The lowest BCUT2D eigenvalue weighted by Crippen LogP contribution is -2.38. The minimum atomic E-state index is -4.71. The number of amides is 1. The van der Waals surface area contributed by atoms with Crippen molar-refractivity contribution in [3.8, 4) is 0 Å². The van der Waals surface area contributed by atoms with Gasteiger partial charge in [-0.3, -0.25) is 14.9 Å². The Kier molecular flexibility index (Phi) is 4.57. The molecule has 0 saturated carbocycles. The third-order valence-electron chi connectivity index (χ3n) is 2.83. The zero-order valence-corrected chi connectivity index (χ0v) is 11.4. The number of ether oxygens (including phenoxy) is 1. The first-order valence-corrected chi connectivity index (χ1v) is 5.71. The molecule has 0 bridgehead atoms. The van der Waals surface area contributed by atoms with Crippen molar-refractivity contribution in [2.75, 3.05) is 12.4 Å². The lowest BCUT2D eigenvalue weighted by atomic mass is 10.1. The molecule has 0 fully saturated rings. The van der Waals surface area contributed by atoms with E-state index in [1.807, 2.05) is 0 Å². The van der Waals surface area contributed by atoms with Crippen LogP contribution in [-0.2, 0) is 15.7 Å². The zero-order valence-electron chi connectivity index (χ0n) is 11.4. The van der Waals surface area contributed by atoms with Crippen LogP contribution in [0.5, 0.6) is 0 Å². The van der Waals surface area contributed by atoms with Gasteiger partial charge in [0.1, 0.15) is 11.3 Å². The molecule has 0 spiro atoms. The summed E-state index contributed by atoms with van der Waals surface area (Å²) in [6.45, 7) is 2.83. The molecule has 0 unspecified atom stereocenters. The van der Waals surface area contributed by atoms with Gasteiger partial charge in [0.2, 0.25) is 0 Å². The number of carbonyl (C=O) groups is 1. The molecule has 1 amide bonds. The van der Waals surface area contributed by atoms with Gasteiger partial charge in [-0.2, -0.15) is 13.2 Å². The number of anilines is 1. The molecule has 21 heavy (non-hydrogen) atoms. The molecule has 1 N–H and O–H groups in total. The second-order valence-corrected chi connectivity index (χ2v) is 4.66. The number of alkyl halides is 3. The molecule has 0 heterocycles. The van der Waals surface area contributed by atoms with Crippen LogP contribution in [0, 0.1) is 10.1 Å². The predicted octanol–water partition coefficient (Wildman–Crippen LogP) is 2.98. The summed E-state index contributed by atoms with van der Waals surface area (Å²) in [6.07, 6.45) is -4.71. The van der Waals surface area contributed by atoms with Gasteiger partial charge in [0, 0.05) is 13.2 Å². The highest BCUT2D eigenvalue weighted by molar-refractivity contribution is 5.98. The van der Waals surface area contributed by atoms with Crippen molar-refractivity contribution in [2.24, 2.45) is 0 Å². The van der Waals surface area contributed by atoms with Crippen molar-refractivity contribution in [1.82, 2.24) is 0 Å². The summed E-state index contributed by atoms with van der Waals surface area (Å²) in [5.41, 5.74) is -3.62. The van der Waals surface area contributed by atoms with Gasteiger partial charge in [0.05, 0.1) is 10.5 Å². The first kappa shape index (κ1) is 16.9. The number of methoxy groups -OCH3 is 1. The molecule has 0 aliphatic rings. The van der Waals surface area contributed by atoms with Crippen LogP contribution in [0.4, 0.5) is 24.5 Å². The Labute approximate surface area is 118 Å². The Bertz CT molecular complexity index is 570. The Hall–Kier alpha value is -2.16. The quantitative estimate of drug-likeness (QED) is 0.685. The summed E-state index contributed by atoms with van der Waals surface area (Å²) in [7, 11) is 1.26. The van der Waals surface area contributed by atoms with Gasteiger partial charge in [-0.15, -0.1) is 0 Å². The summed E-state index contributed by atoms with van der Waals surface area (Å²) < 4.78 is 42.5. The fourth-order valence-corrected chi connectivity index (χ4v) is 1.33. The number of halogens is 3. The summed E-state index contributed by atoms with van der Waals surface area (Å²) >= 11 is 0. The maximum Gasteiger partial charge on any atom is 0.416 e. The number of carbonyl (C=O) groups excluding carboxylic acids is 1. The molecule has 0 radical (unpaired) electrons. The molecule has 1 rings (SSSR count). The van der Waals surface area contributed by atoms with Crippen molar-refractivity contribution in [3.05, 3.63) is 33.9 Å². The Morgan fingerprint density at radius 1 is 1.33 bits per heavy atom. The largest absolute Gasteiger partial charge is 0.416 e. The zero-order chi connectivity index (χ0) is 16.4. The number of nitrogens with zero attached hydrogens (tertiary/aromatic N) is 1. The summed E-state index contributed by atoms with van der Waals surface area (Å²) in [5, 5.41) is 13.0. The maximum atomic E-state index is 12.5. The molecule has 0 aliphatic carbocycles. The highest BCUT2D eigenvalue weighted by Crippen LogP contribution is 2.35. The van der Waals surface area contributed by atoms with Crippen LogP contribution in [0.1, 0.15) is 19.4 Å². The summed E-state index contributed by atoms with van der Waals surface area (Å²) in [5.74, 6) is -0.715. The van der Waals surface area contributed by atoms with E-state index < -0.39 is 33.9 Å². The van der Waals surface area contributed by atoms with Crippen molar-refractivity contribution < 1.29 is 27.6 Å². The van der Waals surface area contributed by atoms with Crippen LogP contribution >= 0.6 is 0 Å². The molecule has 116 valence electrons. The number of nitrogens with one attached hydrogen (secondary N) is 1. The first-order chi connectivity index (χ1) is 9.49. The normalized spacial score (nSPS) is 12.1. The van der Waals surface area contributed by atoms with Crippen molar-refractivity contribution >= 4 is 17.3 Å². The van der Waals surface area contributed by atoms with Crippen molar-refractivity contribution in [1.29, 1.82) is 0 Å². The predicted molar refractivity (Wildman–Crippen MR) is 67.8 cm³/mol. The van der Waals surface area contributed by atoms with E-state index in [0.717, 1.165) is 6.07 Å². The number of rotatable bonds is 4. The van der Waals surface area contributed by atoms with Gasteiger partial charge in [-0.25, -0.2) is 0 Å². The fourth-order valence-electron chi connectivity index (χ4n) is 1.33. The SMILES string of the molecule is COC(C)(C)C(=O)Nc1ccc(C(F)(F)F)cc1[N+](=O)[O-]. The average Bonchev–Trinajstić information content (AvgIpc) is 2.37. The summed E-state index contributed by atoms with van der Waals surface area (Å²) in [4.78, 5) is 21.7. The van der Waals surface area contributed by atoms with E-state index in [2.05, 4.69) is 5.32 Å². The van der Waals surface area contributed by atoms with Gasteiger partial charge in [0.25, 0.3) is 11.6 Å². The number of hydrogen-bond acceptors (Lipinski definition) is 4. The molecule has 0 atom stereocenters. The fraction of sp³-hybridized carbons (Fsp3) is 0.417. The van der Waals surface area contributed by atoms with E-state index in [-0.39, 0.29) is 5.69 Å². The lowest BCUT2D eigenvalue weighted by molar-refractivity contribution is -0.384. The molecule has 6 nitrogen and oxygen atoms in total. The van der Waals surface area contributed by atoms with E-state index in [4.69, 9.17) is 4.74 Å².